The molecule has 0 aliphatic rings. The molecule has 0 aliphatic carbocycles. The van der Waals surface area contributed by atoms with Crippen molar-refractivity contribution < 1.29 is 45.6 Å². The maximum atomic E-state index is 12.1. The minimum Gasteiger partial charge on any atom is -0.563 e. The summed E-state index contributed by atoms with van der Waals surface area (Å²) >= 11 is 0. The van der Waals surface area contributed by atoms with Gasteiger partial charge in [-0.2, -0.15) is 0 Å². The molecular formula is H6O10Si9. The summed E-state index contributed by atoms with van der Waals surface area (Å²) in [5.41, 5.74) is 0. The van der Waals surface area contributed by atoms with Crippen LogP contribution in [0.15, 0.2) is 0 Å². The maximum absolute atomic E-state index is 12.1. The number of hydrogen-bond donors (Lipinski definition) is 6. The third kappa shape index (κ3) is 5.50. The molecule has 0 aromatic rings. The van der Waals surface area contributed by atoms with Crippen LogP contribution in [-0.2, 0) is 16.8 Å². The Hall–Kier alpha value is 1.23. The van der Waals surface area contributed by atoms with Crippen LogP contribution in [0.5, 0.6) is 0 Å². The van der Waals surface area contributed by atoms with E-state index in [0.29, 0.717) is 0 Å². The average molecular weight is 419 g/mol. The maximum Gasteiger partial charge on any atom is 0.487 e. The molecule has 0 heterocycles. The first-order valence-corrected chi connectivity index (χ1v) is 19.6. The molecular weight excluding hydrogens is 413 g/mol. The Balaban J connectivity index is 5.05. The SMILES string of the molecule is O=[Si](O[Si](O[Si]O)([Si]O)[Si]O)[Si](O[Si]O)([Si]O)[Si]O. The van der Waals surface area contributed by atoms with Gasteiger partial charge >= 0.3 is 42.9 Å². The zero-order chi connectivity index (χ0) is 14.9. The Morgan fingerprint density at radius 3 is 1.58 bits per heavy atom. The Kier molecular flexibility index (Phi) is 10.7. The van der Waals surface area contributed by atoms with Crippen molar-refractivity contribution in [2.24, 2.45) is 0 Å². The Morgan fingerprint density at radius 2 is 1.26 bits per heavy atom. The lowest BCUT2D eigenvalue weighted by Crippen LogP contribution is -2.68. The van der Waals surface area contributed by atoms with Gasteiger partial charge in [0.2, 0.25) is 18.6 Å². The second-order valence-corrected chi connectivity index (χ2v) is 29.6. The molecule has 0 spiro atoms. The van der Waals surface area contributed by atoms with Crippen LogP contribution in [0.1, 0.15) is 0 Å². The van der Waals surface area contributed by atoms with Gasteiger partial charge in [-0.25, -0.2) is 0 Å². The van der Waals surface area contributed by atoms with E-state index in [4.69, 9.17) is 31.5 Å². The molecule has 0 aromatic heterocycles. The van der Waals surface area contributed by atoms with Crippen molar-refractivity contribution in [3.05, 3.63) is 0 Å². The molecule has 0 bridgehead atoms. The van der Waals surface area contributed by atoms with Gasteiger partial charge in [-0.3, -0.25) is 0 Å². The van der Waals surface area contributed by atoms with Gasteiger partial charge in [0.15, 0.2) is 0 Å². The summed E-state index contributed by atoms with van der Waals surface area (Å²) in [6.07, 6.45) is 0. The highest BCUT2D eigenvalue weighted by Gasteiger charge is 2.55. The molecule has 0 atom stereocenters. The summed E-state index contributed by atoms with van der Waals surface area (Å²) in [7, 11) is -13.1. The van der Waals surface area contributed by atoms with Crippen LogP contribution in [0, 0.1) is 0 Å². The Bertz CT molecular complexity index is 260. The standard InChI is InChI=1S/H6O10Si9/c1-11-8-18(13-3,14-4)10-17(7)19(15-5,16-6)9-12-2/h1-6H. The zero-order valence-electron chi connectivity index (χ0n) is 8.82. The molecule has 12 radical (unpaired) electrons. The summed E-state index contributed by atoms with van der Waals surface area (Å²) < 4.78 is 26.7. The molecule has 19 heteroatoms. The molecule has 0 amide bonds. The Labute approximate surface area is 125 Å². The molecule has 0 unspecified atom stereocenters. The van der Waals surface area contributed by atoms with E-state index in [1.165, 1.54) is 0 Å². The topological polar surface area (TPSA) is 166 Å². The van der Waals surface area contributed by atoms with Gasteiger partial charge < -0.3 is 45.6 Å². The average Bonchev–Trinajstić information content (AvgIpc) is 2.44. The van der Waals surface area contributed by atoms with Crippen molar-refractivity contribution >= 4 is 80.0 Å². The van der Waals surface area contributed by atoms with Gasteiger partial charge in [-0.05, 0) is 0 Å². The number of hydrogen-bond acceptors (Lipinski definition) is 10. The van der Waals surface area contributed by atoms with E-state index in [2.05, 4.69) is 0 Å². The second-order valence-electron chi connectivity index (χ2n) is 2.52. The summed E-state index contributed by atoms with van der Waals surface area (Å²) in [5, 5.41) is 0. The molecule has 0 saturated carbocycles. The fourth-order valence-corrected chi connectivity index (χ4v) is 23.1. The molecule has 0 fully saturated rings. The first-order valence-electron chi connectivity index (χ1n) is 4.02. The molecule has 102 valence electrons. The fourth-order valence-electron chi connectivity index (χ4n) is 0.676. The minimum atomic E-state index is -3.65. The van der Waals surface area contributed by atoms with Gasteiger partial charge in [-0.15, -0.1) is 0 Å². The molecule has 0 aromatic carbocycles. The van der Waals surface area contributed by atoms with Crippen LogP contribution in [-0.4, -0.2) is 109 Å². The van der Waals surface area contributed by atoms with E-state index in [0.717, 1.165) is 0 Å². The Morgan fingerprint density at radius 1 is 0.789 bits per heavy atom. The van der Waals surface area contributed by atoms with Gasteiger partial charge in [-0.1, -0.05) is 0 Å². The van der Waals surface area contributed by atoms with Gasteiger partial charge in [0, 0.05) is 0 Å². The summed E-state index contributed by atoms with van der Waals surface area (Å²) in [4.78, 5) is 54.2. The second kappa shape index (κ2) is 10.0. The van der Waals surface area contributed by atoms with Crippen LogP contribution in [0.4, 0.5) is 0 Å². The van der Waals surface area contributed by atoms with Crippen molar-refractivity contribution in [1.82, 2.24) is 0 Å². The van der Waals surface area contributed by atoms with Gasteiger partial charge in [0.25, 0.3) is 18.6 Å². The molecule has 6 N–H and O–H groups in total. The molecule has 10 nitrogen and oxygen atoms in total. The minimum absolute atomic E-state index is 1.02. The van der Waals surface area contributed by atoms with Crippen molar-refractivity contribution in [2.75, 3.05) is 0 Å². The quantitative estimate of drug-likeness (QED) is 0.177. The molecule has 0 saturated heterocycles. The normalized spacial score (nSPS) is 12.5. The highest BCUT2D eigenvalue weighted by atomic mass is 29.9. The van der Waals surface area contributed by atoms with Crippen LogP contribution >= 0.6 is 0 Å². The van der Waals surface area contributed by atoms with Crippen LogP contribution in [0.2, 0.25) is 0 Å². The van der Waals surface area contributed by atoms with E-state index in [1.807, 2.05) is 0 Å². The van der Waals surface area contributed by atoms with E-state index >= 15 is 0 Å². The first-order chi connectivity index (χ1) is 8.99. The molecule has 19 heavy (non-hydrogen) atoms. The molecule has 0 rings (SSSR count). The lowest BCUT2D eigenvalue weighted by atomic mass is 15.7. The van der Waals surface area contributed by atoms with E-state index < -0.39 is 80.0 Å². The predicted octanol–water partition coefficient (Wildman–Crippen LogP) is -7.09. The van der Waals surface area contributed by atoms with Gasteiger partial charge in [0.05, 0.1) is 0 Å². The van der Waals surface area contributed by atoms with E-state index in [9.17, 15) is 14.1 Å². The lowest BCUT2D eigenvalue weighted by Gasteiger charge is -2.29. The number of rotatable bonds is 11. The van der Waals surface area contributed by atoms with E-state index in [1.54, 1.807) is 0 Å². The highest BCUT2D eigenvalue weighted by molar-refractivity contribution is 7.67. The zero-order valence-corrected chi connectivity index (χ0v) is 17.8. The first kappa shape index (κ1) is 20.2. The van der Waals surface area contributed by atoms with Crippen LogP contribution < -0.4 is 0 Å². The monoisotopic (exact) mass is 418 g/mol. The lowest BCUT2D eigenvalue weighted by molar-refractivity contribution is 0.365. The van der Waals surface area contributed by atoms with Crippen molar-refractivity contribution in [3.8, 4) is 0 Å². The largest absolute Gasteiger partial charge is 0.563 e. The third-order valence-electron chi connectivity index (χ3n) is 1.52. The van der Waals surface area contributed by atoms with Crippen LogP contribution in [0.25, 0.3) is 0 Å². The summed E-state index contributed by atoms with van der Waals surface area (Å²) in [6.45, 7) is -3.60. The third-order valence-corrected chi connectivity index (χ3v) is 30.8. The van der Waals surface area contributed by atoms with Crippen LogP contribution in [0.3, 0.4) is 0 Å². The van der Waals surface area contributed by atoms with Crippen molar-refractivity contribution in [3.63, 3.8) is 0 Å². The summed E-state index contributed by atoms with van der Waals surface area (Å²) in [6, 6.07) is 0. The smallest absolute Gasteiger partial charge is 0.487 e. The van der Waals surface area contributed by atoms with Gasteiger partial charge in [0.1, 0.15) is 0 Å². The fraction of sp³-hybridized carbons (Fsp3) is 0. The van der Waals surface area contributed by atoms with E-state index in [-0.39, 0.29) is 0 Å². The predicted molar refractivity (Wildman–Crippen MR) is 69.0 cm³/mol. The molecule has 0 aliphatic heterocycles. The highest BCUT2D eigenvalue weighted by Crippen LogP contribution is 2.08. The van der Waals surface area contributed by atoms with Crippen molar-refractivity contribution in [2.45, 2.75) is 0 Å². The summed E-state index contributed by atoms with van der Waals surface area (Å²) in [5.74, 6) is 0. The van der Waals surface area contributed by atoms with Crippen molar-refractivity contribution in [1.29, 1.82) is 0 Å².